The van der Waals surface area contributed by atoms with Crippen LogP contribution in [0.2, 0.25) is 20.1 Å². The van der Waals surface area contributed by atoms with Gasteiger partial charge in [-0.1, -0.05) is 70.3 Å². The van der Waals surface area contributed by atoms with Crippen molar-refractivity contribution in [3.8, 4) is 0 Å². The molecule has 0 saturated heterocycles. The van der Waals surface area contributed by atoms with E-state index >= 15 is 0 Å². The highest BCUT2D eigenvalue weighted by Gasteiger charge is 2.18. The Balaban J connectivity index is 1.87. The van der Waals surface area contributed by atoms with E-state index in [1.54, 1.807) is 22.8 Å². The van der Waals surface area contributed by atoms with Crippen LogP contribution in [0.25, 0.3) is 10.9 Å². The van der Waals surface area contributed by atoms with Crippen molar-refractivity contribution < 1.29 is 4.79 Å². The van der Waals surface area contributed by atoms with Gasteiger partial charge >= 0.3 is 0 Å². The molecule has 5 nitrogen and oxygen atoms in total. The number of thioether (sulfide) groups is 1. The first kappa shape index (κ1) is 22.2. The number of aromatic nitrogens is 2. The van der Waals surface area contributed by atoms with Crippen LogP contribution in [0.1, 0.15) is 19.9 Å². The van der Waals surface area contributed by atoms with Crippen LogP contribution in [0.3, 0.4) is 0 Å². The molecule has 0 atom stereocenters. The number of nitrogens with one attached hydrogen (secondary N) is 1. The number of para-hydroxylation sites is 1. The fourth-order valence-electron chi connectivity index (χ4n) is 2.67. The summed E-state index contributed by atoms with van der Waals surface area (Å²) in [6.07, 6.45) is 0. The Labute approximate surface area is 191 Å². The smallest absolute Gasteiger partial charge is 0.262 e. The molecule has 3 rings (SSSR count). The van der Waals surface area contributed by atoms with Crippen LogP contribution in [-0.2, 0) is 4.79 Å². The lowest BCUT2D eigenvalue weighted by molar-refractivity contribution is -0.113. The molecule has 2 aromatic carbocycles. The minimum absolute atomic E-state index is 0.0196. The molecule has 1 N–H and O–H groups in total. The highest BCUT2D eigenvalue weighted by Crippen LogP contribution is 2.41. The third-order valence-corrected chi connectivity index (χ3v) is 6.53. The number of rotatable bonds is 5. The molecule has 0 aliphatic heterocycles. The Morgan fingerprint density at radius 2 is 1.76 bits per heavy atom. The summed E-state index contributed by atoms with van der Waals surface area (Å²) >= 11 is 25.4. The van der Waals surface area contributed by atoms with Gasteiger partial charge in [0.2, 0.25) is 5.91 Å². The first-order valence-electron chi connectivity index (χ1n) is 8.47. The van der Waals surface area contributed by atoms with Gasteiger partial charge in [0.15, 0.2) is 5.16 Å². The van der Waals surface area contributed by atoms with Crippen LogP contribution in [0, 0.1) is 0 Å². The van der Waals surface area contributed by atoms with E-state index < -0.39 is 5.91 Å². The first-order valence-corrected chi connectivity index (χ1v) is 11.0. The number of hydrogen-bond acceptors (Lipinski definition) is 4. The number of anilines is 1. The van der Waals surface area contributed by atoms with E-state index in [-0.39, 0.29) is 43.1 Å². The zero-order valence-electron chi connectivity index (χ0n) is 15.3. The Kier molecular flexibility index (Phi) is 7.02. The van der Waals surface area contributed by atoms with Gasteiger partial charge in [-0.05, 0) is 32.0 Å². The molecule has 3 aromatic rings. The minimum atomic E-state index is -0.394. The highest BCUT2D eigenvalue weighted by atomic mass is 35.5. The summed E-state index contributed by atoms with van der Waals surface area (Å²) in [5, 5.41) is 4.15. The number of halogens is 4. The number of benzene rings is 2. The number of carbonyl (C=O) groups is 1. The number of fused-ring (bicyclic) bond motifs is 1. The zero-order valence-corrected chi connectivity index (χ0v) is 19.1. The monoisotopic (exact) mass is 489 g/mol. The van der Waals surface area contributed by atoms with Gasteiger partial charge in [-0.25, -0.2) is 4.98 Å². The van der Waals surface area contributed by atoms with Crippen LogP contribution in [0.4, 0.5) is 5.69 Å². The quantitative estimate of drug-likeness (QED) is 0.258. The predicted octanol–water partition coefficient (Wildman–Crippen LogP) is 6.32. The van der Waals surface area contributed by atoms with Gasteiger partial charge in [-0.3, -0.25) is 14.2 Å². The average molecular weight is 491 g/mol. The van der Waals surface area contributed by atoms with Gasteiger partial charge in [0.05, 0.1) is 42.4 Å². The van der Waals surface area contributed by atoms with E-state index in [1.165, 1.54) is 6.07 Å². The molecule has 152 valence electrons. The van der Waals surface area contributed by atoms with Crippen molar-refractivity contribution in [3.05, 3.63) is 60.8 Å². The molecule has 0 radical (unpaired) electrons. The van der Waals surface area contributed by atoms with E-state index in [4.69, 9.17) is 46.4 Å². The van der Waals surface area contributed by atoms with Crippen molar-refractivity contribution in [2.75, 3.05) is 11.1 Å². The molecular formula is C19H15Cl4N3O2S. The number of hydrogen-bond donors (Lipinski definition) is 1. The Morgan fingerprint density at radius 1 is 1.14 bits per heavy atom. The second-order valence-corrected chi connectivity index (χ2v) is 8.87. The summed E-state index contributed by atoms with van der Waals surface area (Å²) in [7, 11) is 0. The average Bonchev–Trinajstić information content (AvgIpc) is 2.68. The largest absolute Gasteiger partial charge is 0.323 e. The molecule has 10 heteroatoms. The molecule has 0 unspecified atom stereocenters. The van der Waals surface area contributed by atoms with Crippen molar-refractivity contribution in [1.82, 2.24) is 9.55 Å². The third kappa shape index (κ3) is 4.67. The molecule has 29 heavy (non-hydrogen) atoms. The highest BCUT2D eigenvalue weighted by molar-refractivity contribution is 7.99. The molecule has 0 spiro atoms. The predicted molar refractivity (Wildman–Crippen MR) is 122 cm³/mol. The number of nitrogens with zero attached hydrogens (tertiary/aromatic N) is 2. The molecule has 1 amide bonds. The normalized spacial score (nSPS) is 11.3. The van der Waals surface area contributed by atoms with Gasteiger partial charge in [-0.15, -0.1) is 0 Å². The van der Waals surface area contributed by atoms with Crippen LogP contribution >= 0.6 is 58.2 Å². The fraction of sp³-hybridized carbons (Fsp3) is 0.211. The van der Waals surface area contributed by atoms with Crippen molar-refractivity contribution in [3.63, 3.8) is 0 Å². The molecule has 0 saturated carbocycles. The lowest BCUT2D eigenvalue weighted by Crippen LogP contribution is -2.25. The topological polar surface area (TPSA) is 64.0 Å². The van der Waals surface area contributed by atoms with E-state index in [9.17, 15) is 9.59 Å². The maximum absolute atomic E-state index is 12.8. The second kappa shape index (κ2) is 9.14. The molecule has 1 aromatic heterocycles. The van der Waals surface area contributed by atoms with Crippen LogP contribution < -0.4 is 10.9 Å². The SMILES string of the molecule is CC(C)n1c(SCC(=O)Nc2c(Cl)c(Cl)cc(Cl)c2Cl)nc2ccccc2c1=O. The molecule has 0 fully saturated rings. The van der Waals surface area contributed by atoms with Crippen LogP contribution in [0.5, 0.6) is 0 Å². The van der Waals surface area contributed by atoms with Gasteiger partial charge < -0.3 is 5.32 Å². The third-order valence-electron chi connectivity index (χ3n) is 4.00. The lowest BCUT2D eigenvalue weighted by Gasteiger charge is -2.16. The maximum atomic E-state index is 12.8. The van der Waals surface area contributed by atoms with Gasteiger partial charge in [-0.2, -0.15) is 0 Å². The summed E-state index contributed by atoms with van der Waals surface area (Å²) in [6, 6.07) is 8.37. The van der Waals surface area contributed by atoms with Crippen LogP contribution in [-0.4, -0.2) is 21.2 Å². The zero-order chi connectivity index (χ0) is 21.3. The maximum Gasteiger partial charge on any atom is 0.262 e. The first-order chi connectivity index (χ1) is 13.7. The van der Waals surface area contributed by atoms with Gasteiger partial charge in [0.1, 0.15) is 0 Å². The summed E-state index contributed by atoms with van der Waals surface area (Å²) < 4.78 is 1.57. The fourth-order valence-corrected chi connectivity index (χ4v) is 4.50. The Hall–Kier alpha value is -1.44. The molecule has 0 aliphatic carbocycles. The van der Waals surface area contributed by atoms with Crippen molar-refractivity contribution in [2.24, 2.45) is 0 Å². The van der Waals surface area contributed by atoms with Crippen molar-refractivity contribution >= 4 is 80.7 Å². The molecule has 0 bridgehead atoms. The minimum Gasteiger partial charge on any atom is -0.323 e. The van der Waals surface area contributed by atoms with Crippen LogP contribution in [0.15, 0.2) is 40.3 Å². The number of carbonyl (C=O) groups excluding carboxylic acids is 1. The van der Waals surface area contributed by atoms with Gasteiger partial charge in [0, 0.05) is 6.04 Å². The van der Waals surface area contributed by atoms with Crippen molar-refractivity contribution in [2.45, 2.75) is 25.0 Å². The molecule has 0 aliphatic rings. The van der Waals surface area contributed by atoms with Crippen molar-refractivity contribution in [1.29, 1.82) is 0 Å². The van der Waals surface area contributed by atoms with Gasteiger partial charge in [0.25, 0.3) is 5.56 Å². The Bertz CT molecular complexity index is 1140. The van der Waals surface area contributed by atoms with E-state index in [2.05, 4.69) is 10.3 Å². The second-order valence-electron chi connectivity index (χ2n) is 6.36. The summed E-state index contributed by atoms with van der Waals surface area (Å²) in [4.78, 5) is 29.9. The standard InChI is InChI=1S/C19H15Cl4N3O2S/c1-9(2)26-18(28)10-5-3-4-6-13(10)24-19(26)29-8-14(27)25-17-15(22)11(20)7-12(21)16(17)23/h3-7,9H,8H2,1-2H3,(H,25,27). The summed E-state index contributed by atoms with van der Waals surface area (Å²) in [6.45, 7) is 3.77. The Morgan fingerprint density at radius 3 is 2.38 bits per heavy atom. The summed E-state index contributed by atoms with van der Waals surface area (Å²) in [5.41, 5.74) is 0.565. The van der Waals surface area contributed by atoms with E-state index in [0.29, 0.717) is 16.1 Å². The van der Waals surface area contributed by atoms with E-state index in [0.717, 1.165) is 11.8 Å². The molecular weight excluding hydrogens is 476 g/mol. The lowest BCUT2D eigenvalue weighted by atomic mass is 10.2. The number of amides is 1. The summed E-state index contributed by atoms with van der Waals surface area (Å²) in [5.74, 6) is -0.413. The molecule has 1 heterocycles. The van der Waals surface area contributed by atoms with E-state index in [1.807, 2.05) is 19.9 Å².